The molecule has 1 fully saturated rings. The lowest BCUT2D eigenvalue weighted by Gasteiger charge is -2.42. The Balaban J connectivity index is 1.79. The van der Waals surface area contributed by atoms with Crippen LogP contribution >= 0.6 is 0 Å². The van der Waals surface area contributed by atoms with E-state index in [-0.39, 0.29) is 11.9 Å². The number of aryl methyl sites for hydroxylation is 1. The van der Waals surface area contributed by atoms with Crippen LogP contribution < -0.4 is 16.4 Å². The summed E-state index contributed by atoms with van der Waals surface area (Å²) in [5.41, 5.74) is 14.7. The van der Waals surface area contributed by atoms with E-state index in [1.165, 1.54) is 11.1 Å². The van der Waals surface area contributed by atoms with Gasteiger partial charge in [-0.15, -0.1) is 0 Å². The molecule has 0 radical (unpaired) electrons. The van der Waals surface area contributed by atoms with Crippen molar-refractivity contribution in [1.82, 2.24) is 9.88 Å². The van der Waals surface area contributed by atoms with Gasteiger partial charge in [0.25, 0.3) is 0 Å². The Morgan fingerprint density at radius 2 is 1.83 bits per heavy atom. The van der Waals surface area contributed by atoms with Crippen LogP contribution in [0.4, 0.5) is 5.69 Å². The number of hydrogen-bond acceptors (Lipinski definition) is 5. The quantitative estimate of drug-likeness (QED) is 0.695. The van der Waals surface area contributed by atoms with Gasteiger partial charge >= 0.3 is 0 Å². The van der Waals surface area contributed by atoms with E-state index in [0.717, 1.165) is 38.2 Å². The number of piperidine rings is 1. The van der Waals surface area contributed by atoms with Crippen LogP contribution in [0.1, 0.15) is 47.7 Å². The molecule has 1 unspecified atom stereocenters. The van der Waals surface area contributed by atoms with E-state index in [2.05, 4.69) is 28.6 Å². The Morgan fingerprint density at radius 1 is 1.17 bits per heavy atom. The first kappa shape index (κ1) is 21.8. The number of carbonyl (C=O) groups excluding carboxylic acids is 2. The highest BCUT2D eigenvalue weighted by Gasteiger charge is 2.28. The van der Waals surface area contributed by atoms with Gasteiger partial charge in [0, 0.05) is 61.8 Å². The zero-order valence-corrected chi connectivity index (χ0v) is 17.8. The molecule has 2 amide bonds. The van der Waals surface area contributed by atoms with Gasteiger partial charge in [0.1, 0.15) is 0 Å². The maximum atomic E-state index is 11.5. The highest BCUT2D eigenvalue weighted by atomic mass is 16.1. The molecule has 3 rings (SSSR count). The SMILES string of the molecule is Cc1ccncc1CN(c1ccc(C(N)=O)cc1)C1CCN(C(C)CC(N)=O)CC1. The Labute approximate surface area is 178 Å². The van der Waals surface area contributed by atoms with Crippen molar-refractivity contribution in [2.75, 3.05) is 18.0 Å². The van der Waals surface area contributed by atoms with Crippen molar-refractivity contribution < 1.29 is 9.59 Å². The van der Waals surface area contributed by atoms with Crippen molar-refractivity contribution in [3.63, 3.8) is 0 Å². The smallest absolute Gasteiger partial charge is 0.248 e. The highest BCUT2D eigenvalue weighted by molar-refractivity contribution is 5.93. The van der Waals surface area contributed by atoms with Crippen molar-refractivity contribution in [3.05, 3.63) is 59.4 Å². The molecule has 1 aliphatic rings. The van der Waals surface area contributed by atoms with E-state index < -0.39 is 5.91 Å². The molecule has 2 aromatic rings. The molecule has 30 heavy (non-hydrogen) atoms. The fraction of sp³-hybridized carbons (Fsp3) is 0.435. The van der Waals surface area contributed by atoms with E-state index in [9.17, 15) is 9.59 Å². The van der Waals surface area contributed by atoms with Gasteiger partial charge in [-0.05, 0) is 68.1 Å². The van der Waals surface area contributed by atoms with Gasteiger partial charge in [-0.3, -0.25) is 19.5 Å². The maximum absolute atomic E-state index is 11.5. The number of nitrogens with zero attached hydrogens (tertiary/aromatic N) is 3. The first-order valence-corrected chi connectivity index (χ1v) is 10.4. The standard InChI is InChI=1S/C23H31N5O2/c1-16-7-10-26-14-19(16)15-28(20-5-3-18(4-6-20)23(25)30)21-8-11-27(12-9-21)17(2)13-22(24)29/h3-7,10,14,17,21H,8-9,11-13,15H2,1-2H3,(H2,24,29)(H2,25,30). The summed E-state index contributed by atoms with van der Waals surface area (Å²) in [7, 11) is 0. The molecular formula is C23H31N5O2. The topological polar surface area (TPSA) is 106 Å². The molecule has 1 aliphatic heterocycles. The number of carbonyl (C=O) groups is 2. The molecule has 7 nitrogen and oxygen atoms in total. The summed E-state index contributed by atoms with van der Waals surface area (Å²) < 4.78 is 0. The van der Waals surface area contributed by atoms with Crippen molar-refractivity contribution in [1.29, 1.82) is 0 Å². The summed E-state index contributed by atoms with van der Waals surface area (Å²) in [5.74, 6) is -0.680. The molecule has 4 N–H and O–H groups in total. The monoisotopic (exact) mass is 409 g/mol. The number of anilines is 1. The van der Waals surface area contributed by atoms with Gasteiger partial charge in [0.15, 0.2) is 0 Å². The van der Waals surface area contributed by atoms with E-state index >= 15 is 0 Å². The number of rotatable bonds is 8. The second kappa shape index (κ2) is 9.71. The van der Waals surface area contributed by atoms with Crippen LogP contribution in [-0.4, -0.2) is 46.9 Å². The van der Waals surface area contributed by atoms with Crippen LogP contribution in [0.15, 0.2) is 42.7 Å². The Bertz CT molecular complexity index is 875. The summed E-state index contributed by atoms with van der Waals surface area (Å²) in [6.07, 6.45) is 6.09. The molecule has 1 saturated heterocycles. The first-order chi connectivity index (χ1) is 14.3. The van der Waals surface area contributed by atoms with E-state index in [1.54, 1.807) is 12.1 Å². The predicted octanol–water partition coefficient (Wildman–Crippen LogP) is 2.22. The molecule has 0 saturated carbocycles. The molecule has 0 spiro atoms. The first-order valence-electron chi connectivity index (χ1n) is 10.4. The molecule has 7 heteroatoms. The molecule has 2 heterocycles. The Kier molecular flexibility index (Phi) is 7.05. The Morgan fingerprint density at radius 3 is 2.40 bits per heavy atom. The Hall–Kier alpha value is -2.93. The summed E-state index contributed by atoms with van der Waals surface area (Å²) in [6.45, 7) is 6.74. The van der Waals surface area contributed by atoms with Crippen LogP contribution in [0.2, 0.25) is 0 Å². The van der Waals surface area contributed by atoms with Crippen molar-refractivity contribution in [3.8, 4) is 0 Å². The number of benzene rings is 1. The summed E-state index contributed by atoms with van der Waals surface area (Å²) in [6, 6.07) is 10.0. The van der Waals surface area contributed by atoms with Crippen molar-refractivity contribution >= 4 is 17.5 Å². The minimum atomic E-state index is -0.423. The number of pyridine rings is 1. The minimum absolute atomic E-state index is 0.160. The highest BCUT2D eigenvalue weighted by Crippen LogP contribution is 2.28. The molecule has 160 valence electrons. The van der Waals surface area contributed by atoms with Crippen LogP contribution in [-0.2, 0) is 11.3 Å². The van der Waals surface area contributed by atoms with Crippen LogP contribution in [0.25, 0.3) is 0 Å². The van der Waals surface area contributed by atoms with E-state index in [1.807, 2.05) is 30.6 Å². The summed E-state index contributed by atoms with van der Waals surface area (Å²) in [4.78, 5) is 31.8. The van der Waals surface area contributed by atoms with Gasteiger partial charge in [0.2, 0.25) is 11.8 Å². The normalized spacial score (nSPS) is 16.2. The van der Waals surface area contributed by atoms with Gasteiger partial charge in [-0.25, -0.2) is 0 Å². The lowest BCUT2D eigenvalue weighted by atomic mass is 9.98. The van der Waals surface area contributed by atoms with Crippen LogP contribution in [0.5, 0.6) is 0 Å². The molecule has 0 bridgehead atoms. The van der Waals surface area contributed by atoms with E-state index in [4.69, 9.17) is 11.5 Å². The van der Waals surface area contributed by atoms with Crippen molar-refractivity contribution in [2.45, 2.75) is 51.7 Å². The largest absolute Gasteiger partial charge is 0.370 e. The average Bonchev–Trinajstić information content (AvgIpc) is 2.73. The lowest BCUT2D eigenvalue weighted by molar-refractivity contribution is -0.119. The van der Waals surface area contributed by atoms with Crippen molar-refractivity contribution in [2.24, 2.45) is 11.5 Å². The number of amides is 2. The molecule has 0 aliphatic carbocycles. The zero-order chi connectivity index (χ0) is 21.7. The lowest BCUT2D eigenvalue weighted by Crippen LogP contribution is -2.48. The third kappa shape index (κ3) is 5.36. The summed E-state index contributed by atoms with van der Waals surface area (Å²) in [5, 5.41) is 0. The maximum Gasteiger partial charge on any atom is 0.248 e. The van der Waals surface area contributed by atoms with Gasteiger partial charge in [0.05, 0.1) is 0 Å². The minimum Gasteiger partial charge on any atom is -0.370 e. The molecule has 1 atom stereocenters. The number of hydrogen-bond donors (Lipinski definition) is 2. The fourth-order valence-corrected chi connectivity index (χ4v) is 4.15. The third-order valence-electron chi connectivity index (χ3n) is 6.03. The third-order valence-corrected chi connectivity index (χ3v) is 6.03. The van der Waals surface area contributed by atoms with Crippen LogP contribution in [0, 0.1) is 6.92 Å². The fourth-order valence-electron chi connectivity index (χ4n) is 4.15. The number of primary amides is 2. The number of nitrogens with two attached hydrogens (primary N) is 2. The second-order valence-electron chi connectivity index (χ2n) is 8.13. The van der Waals surface area contributed by atoms with Gasteiger partial charge in [-0.1, -0.05) is 0 Å². The predicted molar refractivity (Wildman–Crippen MR) is 118 cm³/mol. The van der Waals surface area contributed by atoms with Gasteiger partial charge < -0.3 is 16.4 Å². The molecular weight excluding hydrogens is 378 g/mol. The second-order valence-corrected chi connectivity index (χ2v) is 8.13. The van der Waals surface area contributed by atoms with E-state index in [0.29, 0.717) is 18.0 Å². The summed E-state index contributed by atoms with van der Waals surface area (Å²) >= 11 is 0. The number of aromatic nitrogens is 1. The van der Waals surface area contributed by atoms with Gasteiger partial charge in [-0.2, -0.15) is 0 Å². The molecule has 1 aromatic heterocycles. The average molecular weight is 410 g/mol. The number of likely N-dealkylation sites (tertiary alicyclic amines) is 1. The van der Waals surface area contributed by atoms with Crippen LogP contribution in [0.3, 0.4) is 0 Å². The molecule has 1 aromatic carbocycles. The zero-order valence-electron chi connectivity index (χ0n) is 17.8.